The van der Waals surface area contributed by atoms with Crippen molar-refractivity contribution in [3.63, 3.8) is 0 Å². The van der Waals surface area contributed by atoms with Crippen LogP contribution in [0.15, 0.2) is 0 Å². The number of likely N-dealkylation sites (tertiary alicyclic amines) is 2. The Morgan fingerprint density at radius 1 is 0.852 bits per heavy atom. The van der Waals surface area contributed by atoms with Crippen LogP contribution in [0.25, 0.3) is 0 Å². The minimum absolute atomic E-state index is 0.968. The molecule has 2 saturated heterocycles. The second-order valence-electron chi connectivity index (χ2n) is 8.69. The first-order chi connectivity index (χ1) is 12.5. The number of hydrogen-bond acceptors (Lipinski definition) is 3. The fourth-order valence-corrected chi connectivity index (χ4v) is 5.26. The lowest BCUT2D eigenvalue weighted by atomic mass is 10.1. The molecule has 0 amide bonds. The molecule has 0 aromatic heterocycles. The number of nitrogens with zero attached hydrogens (tertiary/aromatic N) is 2. The van der Waals surface area contributed by atoms with E-state index in [2.05, 4.69) is 41.8 Å². The van der Waals surface area contributed by atoms with Crippen molar-refractivity contribution in [2.45, 2.75) is 91.1 Å². The topological polar surface area (TPSA) is 63.2 Å². The van der Waals surface area contributed by atoms with Crippen LogP contribution in [0.1, 0.15) is 79.1 Å². The fraction of sp³-hybridized carbons (Fsp3) is 1.00. The molecule has 4 unspecified atom stereocenters. The molecule has 0 spiro atoms. The summed E-state index contributed by atoms with van der Waals surface area (Å²) in [4.78, 5) is 16.9. The Balaban J connectivity index is 0.000000405. The Kier molecular flexibility index (Phi) is 12.5. The highest BCUT2D eigenvalue weighted by Gasteiger charge is 2.36. The second-order valence-corrected chi connectivity index (χ2v) is 9.55. The van der Waals surface area contributed by atoms with E-state index >= 15 is 0 Å². The first-order valence-corrected chi connectivity index (χ1v) is 12.3. The third-order valence-electron chi connectivity index (χ3n) is 6.59. The van der Waals surface area contributed by atoms with E-state index in [1.54, 1.807) is 0 Å². The highest BCUT2D eigenvalue weighted by atomic mass is 31.2. The number of hydrogen-bond donors (Lipinski definition) is 0. The van der Waals surface area contributed by atoms with E-state index in [-0.39, 0.29) is 0 Å². The molecule has 2 aliphatic rings. The van der Waals surface area contributed by atoms with Crippen molar-refractivity contribution in [3.05, 3.63) is 0 Å². The molecular formula is C20H44FN2O3P. The molecule has 0 bridgehead atoms. The summed E-state index contributed by atoms with van der Waals surface area (Å²) in [5.41, 5.74) is 0. The van der Waals surface area contributed by atoms with Crippen LogP contribution < -0.4 is 9.79 Å². The summed E-state index contributed by atoms with van der Waals surface area (Å²) in [5.74, 6) is 0. The van der Waals surface area contributed by atoms with Gasteiger partial charge in [-0.05, 0) is 25.7 Å². The van der Waals surface area contributed by atoms with Gasteiger partial charge in [0, 0.05) is 25.7 Å². The number of rotatable bonds is 6. The van der Waals surface area contributed by atoms with Gasteiger partial charge in [-0.15, -0.1) is 0 Å². The minimum Gasteiger partial charge on any atom is -0.786 e. The Morgan fingerprint density at radius 3 is 1.37 bits per heavy atom. The third-order valence-corrected chi connectivity index (χ3v) is 6.59. The molecule has 2 rings (SSSR count). The van der Waals surface area contributed by atoms with E-state index in [0.29, 0.717) is 0 Å². The van der Waals surface area contributed by atoms with Gasteiger partial charge in [0.2, 0.25) is 0 Å². The van der Waals surface area contributed by atoms with Crippen molar-refractivity contribution >= 4 is 7.91 Å². The maximum atomic E-state index is 10.1. The summed E-state index contributed by atoms with van der Waals surface area (Å²) in [6.45, 7) is 14.9. The molecule has 27 heavy (non-hydrogen) atoms. The molecule has 164 valence electrons. The summed E-state index contributed by atoms with van der Waals surface area (Å²) in [7, 11) is -0.769. The normalized spacial score (nSPS) is 33.1. The molecule has 0 aliphatic carbocycles. The van der Waals surface area contributed by atoms with Crippen molar-refractivity contribution < 1.29 is 27.5 Å². The van der Waals surface area contributed by atoms with Crippen LogP contribution in [0.3, 0.4) is 0 Å². The summed E-state index contributed by atoms with van der Waals surface area (Å²) >= 11 is 0. The zero-order valence-electron chi connectivity index (χ0n) is 18.6. The molecule has 0 N–H and O–H groups in total. The Hall–Kier alpha value is -0.0000000000000000555. The molecule has 0 radical (unpaired) electrons. The van der Waals surface area contributed by atoms with Crippen molar-refractivity contribution in [2.24, 2.45) is 0 Å². The van der Waals surface area contributed by atoms with Gasteiger partial charge in [0.1, 0.15) is 7.91 Å². The minimum atomic E-state index is -5.64. The van der Waals surface area contributed by atoms with Gasteiger partial charge in [0.05, 0.1) is 52.4 Å². The van der Waals surface area contributed by atoms with Gasteiger partial charge in [0.15, 0.2) is 0 Å². The summed E-state index contributed by atoms with van der Waals surface area (Å²) in [6.07, 6.45) is 11.3. The highest BCUT2D eigenvalue weighted by Crippen LogP contribution is 2.27. The van der Waals surface area contributed by atoms with E-state index in [0.717, 1.165) is 12.1 Å². The molecule has 0 aromatic rings. The molecule has 2 heterocycles. The van der Waals surface area contributed by atoms with Crippen LogP contribution in [-0.2, 0) is 4.57 Å². The predicted octanol–water partition coefficient (Wildman–Crippen LogP) is 3.62. The van der Waals surface area contributed by atoms with E-state index in [1.807, 2.05) is 0 Å². The quantitative estimate of drug-likeness (QED) is 0.496. The maximum absolute atomic E-state index is 10.1. The lowest BCUT2D eigenvalue weighted by Gasteiger charge is -2.35. The Bertz CT molecular complexity index is 411. The molecule has 5 nitrogen and oxygen atoms in total. The van der Waals surface area contributed by atoms with Crippen LogP contribution in [0, 0.1) is 0 Å². The molecular weight excluding hydrogens is 366 g/mol. The van der Waals surface area contributed by atoms with Gasteiger partial charge in [0.25, 0.3) is 0 Å². The number of halogens is 1. The van der Waals surface area contributed by atoms with Crippen molar-refractivity contribution in [2.75, 3.05) is 40.3 Å². The average Bonchev–Trinajstić information content (AvgIpc) is 3.09. The van der Waals surface area contributed by atoms with E-state index in [1.165, 1.54) is 86.5 Å². The molecule has 0 saturated carbocycles. The molecule has 2 aliphatic heterocycles. The molecule has 2 fully saturated rings. The van der Waals surface area contributed by atoms with E-state index < -0.39 is 7.91 Å². The van der Waals surface area contributed by atoms with E-state index in [4.69, 9.17) is 14.4 Å². The summed E-state index contributed by atoms with van der Waals surface area (Å²) in [6, 6.07) is 1.94. The fourth-order valence-electron chi connectivity index (χ4n) is 5.26. The monoisotopic (exact) mass is 410 g/mol. The largest absolute Gasteiger partial charge is 0.786 e. The number of quaternary nitrogens is 2. The van der Waals surface area contributed by atoms with Gasteiger partial charge in [-0.3, -0.25) is 0 Å². The van der Waals surface area contributed by atoms with Crippen LogP contribution in [0.4, 0.5) is 4.20 Å². The molecule has 4 atom stereocenters. The molecule has 0 aromatic carbocycles. The molecule has 7 heteroatoms. The van der Waals surface area contributed by atoms with Gasteiger partial charge >= 0.3 is 0 Å². The first kappa shape index (κ1) is 27.0. The Labute approximate surface area is 167 Å². The van der Waals surface area contributed by atoms with Gasteiger partial charge in [-0.2, -0.15) is 0 Å². The maximum Gasteiger partial charge on any atom is 0.110 e. The lowest BCUT2D eigenvalue weighted by Crippen LogP contribution is -2.48. The van der Waals surface area contributed by atoms with Crippen molar-refractivity contribution in [1.82, 2.24) is 0 Å². The van der Waals surface area contributed by atoms with Crippen LogP contribution in [0.5, 0.6) is 0 Å². The first-order valence-electron chi connectivity index (χ1n) is 10.9. The van der Waals surface area contributed by atoms with Gasteiger partial charge in [-0.25, -0.2) is 4.20 Å². The standard InChI is InChI=1S/2C10H22N.FH2O3P/c2*1-4-8-11(3)9-6-7-10(11)5-2;1-5(2,3)4/h2*10H,4-9H2,1-3H3;(H2,2,3,4)/q2*+1;/p-2. The zero-order chi connectivity index (χ0) is 21.1. The summed E-state index contributed by atoms with van der Waals surface area (Å²) in [5, 5.41) is 0. The van der Waals surface area contributed by atoms with E-state index in [9.17, 15) is 4.20 Å². The van der Waals surface area contributed by atoms with Gasteiger partial charge < -0.3 is 23.3 Å². The Morgan fingerprint density at radius 2 is 1.15 bits per heavy atom. The zero-order valence-corrected chi connectivity index (χ0v) is 19.5. The second kappa shape index (κ2) is 12.5. The predicted molar refractivity (Wildman–Crippen MR) is 108 cm³/mol. The van der Waals surface area contributed by atoms with Gasteiger partial charge in [-0.1, -0.05) is 27.7 Å². The van der Waals surface area contributed by atoms with Crippen LogP contribution >= 0.6 is 7.91 Å². The van der Waals surface area contributed by atoms with Crippen molar-refractivity contribution in [1.29, 1.82) is 0 Å². The SMILES string of the molecule is CCC[N+]1(C)CCCC1CC.CCC[N+]1(C)CCCC1CC.O=P([O-])([O-])F. The average molecular weight is 411 g/mol. The van der Waals surface area contributed by atoms with Crippen molar-refractivity contribution in [3.8, 4) is 0 Å². The smallest absolute Gasteiger partial charge is 0.110 e. The summed E-state index contributed by atoms with van der Waals surface area (Å²) < 4.78 is 21.3. The van der Waals surface area contributed by atoms with Crippen LogP contribution in [-0.4, -0.2) is 61.3 Å². The highest BCUT2D eigenvalue weighted by molar-refractivity contribution is 7.42. The van der Waals surface area contributed by atoms with Crippen LogP contribution in [0.2, 0.25) is 0 Å². The lowest BCUT2D eigenvalue weighted by molar-refractivity contribution is -0.921. The third kappa shape index (κ3) is 10.4.